The Morgan fingerprint density at radius 2 is 1.65 bits per heavy atom. The minimum atomic E-state index is -0.212. The van der Waals surface area contributed by atoms with Crippen LogP contribution >= 0.6 is 11.6 Å². The highest BCUT2D eigenvalue weighted by Gasteiger charge is 2.12. The number of piperidine rings is 1. The molecule has 0 aliphatic carbocycles. The first-order valence-corrected chi connectivity index (χ1v) is 11.1. The summed E-state index contributed by atoms with van der Waals surface area (Å²) in [4.78, 5) is 15.2. The minimum absolute atomic E-state index is 0.212. The summed E-state index contributed by atoms with van der Waals surface area (Å²) >= 11 is 6.23. The van der Waals surface area contributed by atoms with Crippen molar-refractivity contribution in [1.82, 2.24) is 4.90 Å². The number of nitrogens with zero attached hydrogens (tertiary/aromatic N) is 1. The van der Waals surface area contributed by atoms with Gasteiger partial charge < -0.3 is 10.1 Å². The van der Waals surface area contributed by atoms with Crippen LogP contribution in [0.3, 0.4) is 0 Å². The monoisotopic (exact) mass is 434 g/mol. The lowest BCUT2D eigenvalue weighted by atomic mass is 10.1. The quantitative estimate of drug-likeness (QED) is 0.484. The normalized spacial score (nSPS) is 14.2. The summed E-state index contributed by atoms with van der Waals surface area (Å²) in [6.45, 7) is 3.72. The van der Waals surface area contributed by atoms with Crippen molar-refractivity contribution in [2.45, 2.75) is 32.4 Å². The number of amides is 1. The number of carbonyl (C=O) groups excluding carboxylic acids is 1. The molecule has 4 rings (SSSR count). The molecular formula is C26H27ClN2O2. The van der Waals surface area contributed by atoms with E-state index in [4.69, 9.17) is 16.3 Å². The fourth-order valence-corrected chi connectivity index (χ4v) is 4.02. The SMILES string of the molecule is O=C(Nc1ccc(CN2CCCCC2)cc1)c1cc(Cl)cc(OCc2ccccc2)c1. The van der Waals surface area contributed by atoms with Crippen molar-refractivity contribution in [2.24, 2.45) is 0 Å². The van der Waals surface area contributed by atoms with Crippen molar-refractivity contribution in [3.05, 3.63) is 94.5 Å². The van der Waals surface area contributed by atoms with Gasteiger partial charge in [-0.1, -0.05) is 60.5 Å². The number of carbonyl (C=O) groups is 1. The Labute approximate surface area is 188 Å². The molecule has 1 fully saturated rings. The minimum Gasteiger partial charge on any atom is -0.489 e. The standard InChI is InChI=1S/C26H27ClN2O2/c27-23-15-22(16-25(17-23)31-19-21-7-3-1-4-8-21)26(30)28-24-11-9-20(10-12-24)18-29-13-5-2-6-14-29/h1,3-4,7-12,15-17H,2,5-6,13-14,18-19H2,(H,28,30). The molecule has 3 aromatic rings. The van der Waals surface area contributed by atoms with E-state index in [1.165, 1.54) is 37.9 Å². The largest absolute Gasteiger partial charge is 0.489 e. The first kappa shape index (κ1) is 21.4. The molecule has 1 saturated heterocycles. The lowest BCUT2D eigenvalue weighted by molar-refractivity contribution is 0.102. The number of anilines is 1. The number of nitrogens with one attached hydrogen (secondary N) is 1. The van der Waals surface area contributed by atoms with Crippen LogP contribution in [0.25, 0.3) is 0 Å². The van der Waals surface area contributed by atoms with Gasteiger partial charge in [-0.15, -0.1) is 0 Å². The van der Waals surface area contributed by atoms with Crippen LogP contribution in [0.5, 0.6) is 5.75 Å². The van der Waals surface area contributed by atoms with Gasteiger partial charge in [-0.25, -0.2) is 0 Å². The van der Waals surface area contributed by atoms with Crippen molar-refractivity contribution < 1.29 is 9.53 Å². The van der Waals surface area contributed by atoms with Gasteiger partial charge in [0.25, 0.3) is 5.91 Å². The molecule has 0 spiro atoms. The van der Waals surface area contributed by atoms with Gasteiger partial charge in [0, 0.05) is 22.8 Å². The van der Waals surface area contributed by atoms with Crippen LogP contribution in [-0.2, 0) is 13.2 Å². The Bertz CT molecular complexity index is 1000. The van der Waals surface area contributed by atoms with E-state index in [0.29, 0.717) is 22.9 Å². The summed E-state index contributed by atoms with van der Waals surface area (Å²) in [6.07, 6.45) is 3.90. The number of benzene rings is 3. The second kappa shape index (κ2) is 10.5. The second-order valence-corrected chi connectivity index (χ2v) is 8.37. The summed E-state index contributed by atoms with van der Waals surface area (Å²) in [5.74, 6) is 0.356. The molecule has 4 nitrogen and oxygen atoms in total. The van der Waals surface area contributed by atoms with Gasteiger partial charge in [0.1, 0.15) is 12.4 Å². The number of rotatable bonds is 7. The van der Waals surface area contributed by atoms with Crippen LogP contribution in [0.1, 0.15) is 40.7 Å². The topological polar surface area (TPSA) is 41.6 Å². The predicted octanol–water partition coefficient (Wildman–Crippen LogP) is 6.16. The van der Waals surface area contributed by atoms with Crippen molar-refractivity contribution in [3.8, 4) is 5.75 Å². The molecule has 5 heteroatoms. The summed E-state index contributed by atoms with van der Waals surface area (Å²) in [7, 11) is 0. The first-order valence-electron chi connectivity index (χ1n) is 10.8. The molecule has 0 saturated carbocycles. The zero-order valence-electron chi connectivity index (χ0n) is 17.5. The third-order valence-electron chi connectivity index (χ3n) is 5.45. The third kappa shape index (κ3) is 6.33. The van der Waals surface area contributed by atoms with Crippen LogP contribution in [-0.4, -0.2) is 23.9 Å². The van der Waals surface area contributed by atoms with E-state index < -0.39 is 0 Å². The van der Waals surface area contributed by atoms with Gasteiger partial charge in [-0.2, -0.15) is 0 Å². The first-order chi connectivity index (χ1) is 15.2. The van der Waals surface area contributed by atoms with Gasteiger partial charge in [0.15, 0.2) is 0 Å². The number of halogens is 1. The number of hydrogen-bond donors (Lipinski definition) is 1. The molecule has 31 heavy (non-hydrogen) atoms. The lowest BCUT2D eigenvalue weighted by Crippen LogP contribution is -2.29. The van der Waals surface area contributed by atoms with Crippen LogP contribution in [0.2, 0.25) is 5.02 Å². The molecule has 3 aromatic carbocycles. The number of hydrogen-bond acceptors (Lipinski definition) is 3. The van der Waals surface area contributed by atoms with E-state index in [2.05, 4.69) is 22.3 Å². The summed E-state index contributed by atoms with van der Waals surface area (Å²) in [6, 6.07) is 23.0. The Hall–Kier alpha value is -2.82. The fourth-order valence-electron chi connectivity index (χ4n) is 3.79. The van der Waals surface area contributed by atoms with Crippen LogP contribution in [0.15, 0.2) is 72.8 Å². The molecule has 0 radical (unpaired) electrons. The average Bonchev–Trinajstić information content (AvgIpc) is 2.80. The van der Waals surface area contributed by atoms with Gasteiger partial charge in [0.2, 0.25) is 0 Å². The van der Waals surface area contributed by atoms with Crippen molar-refractivity contribution in [3.63, 3.8) is 0 Å². The van der Waals surface area contributed by atoms with Gasteiger partial charge in [0.05, 0.1) is 0 Å². The summed E-state index contributed by atoms with van der Waals surface area (Å²) < 4.78 is 5.83. The van der Waals surface area contributed by atoms with Crippen LogP contribution in [0.4, 0.5) is 5.69 Å². The van der Waals surface area contributed by atoms with E-state index in [1.807, 2.05) is 42.5 Å². The zero-order chi connectivity index (χ0) is 21.5. The smallest absolute Gasteiger partial charge is 0.255 e. The van der Waals surface area contributed by atoms with Gasteiger partial charge in [-0.3, -0.25) is 9.69 Å². The molecule has 1 N–H and O–H groups in total. The molecule has 160 valence electrons. The van der Waals surface area contributed by atoms with E-state index >= 15 is 0 Å². The summed E-state index contributed by atoms with van der Waals surface area (Å²) in [5, 5.41) is 3.42. The Kier molecular flexibility index (Phi) is 7.23. The average molecular weight is 435 g/mol. The lowest BCUT2D eigenvalue weighted by Gasteiger charge is -2.26. The van der Waals surface area contributed by atoms with Crippen LogP contribution < -0.4 is 10.1 Å². The highest BCUT2D eigenvalue weighted by Crippen LogP contribution is 2.23. The molecule has 1 aliphatic rings. The fraction of sp³-hybridized carbons (Fsp3) is 0.269. The maximum Gasteiger partial charge on any atom is 0.255 e. The molecule has 1 heterocycles. The van der Waals surface area contributed by atoms with Crippen molar-refractivity contribution >= 4 is 23.2 Å². The van der Waals surface area contributed by atoms with Crippen molar-refractivity contribution in [1.29, 1.82) is 0 Å². The molecule has 0 aromatic heterocycles. The van der Waals surface area contributed by atoms with E-state index in [-0.39, 0.29) is 5.91 Å². The van der Waals surface area contributed by atoms with Gasteiger partial charge in [-0.05, 0) is 67.4 Å². The maximum absolute atomic E-state index is 12.8. The summed E-state index contributed by atoms with van der Waals surface area (Å²) in [5.41, 5.74) is 3.55. The number of ether oxygens (including phenoxy) is 1. The highest BCUT2D eigenvalue weighted by atomic mass is 35.5. The Balaban J connectivity index is 1.36. The van der Waals surface area contributed by atoms with E-state index in [0.717, 1.165) is 17.8 Å². The predicted molar refractivity (Wildman–Crippen MR) is 126 cm³/mol. The molecule has 0 bridgehead atoms. The molecular weight excluding hydrogens is 408 g/mol. The number of likely N-dealkylation sites (tertiary alicyclic amines) is 1. The highest BCUT2D eigenvalue weighted by molar-refractivity contribution is 6.31. The molecule has 1 aliphatic heterocycles. The maximum atomic E-state index is 12.8. The van der Waals surface area contributed by atoms with Gasteiger partial charge >= 0.3 is 0 Å². The zero-order valence-corrected chi connectivity index (χ0v) is 18.3. The van der Waals surface area contributed by atoms with Crippen LogP contribution in [0, 0.1) is 0 Å². The van der Waals surface area contributed by atoms with E-state index in [1.54, 1.807) is 18.2 Å². The van der Waals surface area contributed by atoms with E-state index in [9.17, 15) is 4.79 Å². The molecule has 0 unspecified atom stereocenters. The molecule has 1 amide bonds. The van der Waals surface area contributed by atoms with Crippen molar-refractivity contribution in [2.75, 3.05) is 18.4 Å². The Morgan fingerprint density at radius 3 is 2.39 bits per heavy atom. The second-order valence-electron chi connectivity index (χ2n) is 7.94. The third-order valence-corrected chi connectivity index (χ3v) is 5.67. The Morgan fingerprint density at radius 1 is 0.903 bits per heavy atom. The molecule has 0 atom stereocenters.